The van der Waals surface area contributed by atoms with E-state index in [-0.39, 0.29) is 22.6 Å². The van der Waals surface area contributed by atoms with Crippen LogP contribution in [0.5, 0.6) is 5.75 Å². The molecule has 1 saturated carbocycles. The van der Waals surface area contributed by atoms with Gasteiger partial charge in [0, 0.05) is 25.5 Å². The standard InChI is InChI=1S/C15H19NO5/c1-20-8-7-15(5-6-15)14(19)16-10-3-4-11(13(17)18)12(9-10)21-2/h3-4,9H,5-8H2,1-2H3,(H,16,19)(H,17,18). The van der Waals surface area contributed by atoms with Gasteiger partial charge in [-0.05, 0) is 31.4 Å². The number of aromatic carboxylic acids is 1. The maximum Gasteiger partial charge on any atom is 0.339 e. The number of rotatable bonds is 7. The van der Waals surface area contributed by atoms with Gasteiger partial charge in [-0.25, -0.2) is 4.79 Å². The van der Waals surface area contributed by atoms with Gasteiger partial charge in [0.05, 0.1) is 12.5 Å². The Morgan fingerprint density at radius 1 is 1.33 bits per heavy atom. The lowest BCUT2D eigenvalue weighted by Gasteiger charge is -2.15. The van der Waals surface area contributed by atoms with E-state index in [9.17, 15) is 9.59 Å². The van der Waals surface area contributed by atoms with Crippen LogP contribution in [0.1, 0.15) is 29.6 Å². The molecule has 1 fully saturated rings. The van der Waals surface area contributed by atoms with Crippen LogP contribution < -0.4 is 10.1 Å². The SMILES string of the molecule is COCCC1(C(=O)Nc2ccc(C(=O)O)c(OC)c2)CC1. The van der Waals surface area contributed by atoms with Gasteiger partial charge in [-0.2, -0.15) is 0 Å². The summed E-state index contributed by atoms with van der Waals surface area (Å²) in [5.41, 5.74) is 0.260. The third-order valence-corrected chi connectivity index (χ3v) is 3.81. The Labute approximate surface area is 123 Å². The van der Waals surface area contributed by atoms with E-state index in [1.807, 2.05) is 0 Å². The van der Waals surface area contributed by atoms with Crippen LogP contribution in [-0.2, 0) is 9.53 Å². The van der Waals surface area contributed by atoms with Crippen molar-refractivity contribution in [1.82, 2.24) is 0 Å². The minimum Gasteiger partial charge on any atom is -0.496 e. The third-order valence-electron chi connectivity index (χ3n) is 3.81. The van der Waals surface area contributed by atoms with Crippen LogP contribution >= 0.6 is 0 Å². The molecule has 0 bridgehead atoms. The van der Waals surface area contributed by atoms with Gasteiger partial charge in [0.25, 0.3) is 0 Å². The Kier molecular flexibility index (Phi) is 4.47. The van der Waals surface area contributed by atoms with Crippen LogP contribution in [0, 0.1) is 5.41 Å². The van der Waals surface area contributed by atoms with Gasteiger partial charge >= 0.3 is 5.97 Å². The van der Waals surface area contributed by atoms with Crippen LogP contribution in [0.25, 0.3) is 0 Å². The predicted octanol–water partition coefficient (Wildman–Crippen LogP) is 2.15. The minimum absolute atomic E-state index is 0.0512. The highest BCUT2D eigenvalue weighted by Crippen LogP contribution is 2.49. The Bertz CT molecular complexity index is 551. The molecule has 1 aromatic carbocycles. The average molecular weight is 293 g/mol. The monoisotopic (exact) mass is 293 g/mol. The first kappa shape index (κ1) is 15.3. The van der Waals surface area contributed by atoms with Crippen LogP contribution in [0.4, 0.5) is 5.69 Å². The molecule has 21 heavy (non-hydrogen) atoms. The molecule has 0 aromatic heterocycles. The van der Waals surface area contributed by atoms with Gasteiger partial charge in [0.2, 0.25) is 5.91 Å². The summed E-state index contributed by atoms with van der Waals surface area (Å²) < 4.78 is 10.1. The largest absolute Gasteiger partial charge is 0.496 e. The van der Waals surface area contributed by atoms with Crippen molar-refractivity contribution in [1.29, 1.82) is 0 Å². The predicted molar refractivity (Wildman–Crippen MR) is 76.7 cm³/mol. The second-order valence-corrected chi connectivity index (χ2v) is 5.20. The van der Waals surface area contributed by atoms with Gasteiger partial charge < -0.3 is 19.9 Å². The molecule has 1 aliphatic carbocycles. The molecule has 0 aliphatic heterocycles. The number of hydrogen-bond donors (Lipinski definition) is 2. The number of amides is 1. The molecule has 0 radical (unpaired) electrons. The molecular weight excluding hydrogens is 274 g/mol. The third kappa shape index (κ3) is 3.33. The first-order valence-electron chi connectivity index (χ1n) is 6.74. The van der Waals surface area contributed by atoms with E-state index in [4.69, 9.17) is 14.6 Å². The van der Waals surface area contributed by atoms with Gasteiger partial charge in [0.1, 0.15) is 11.3 Å². The normalized spacial score (nSPS) is 15.3. The van der Waals surface area contributed by atoms with Crippen LogP contribution in [0.3, 0.4) is 0 Å². The van der Waals surface area contributed by atoms with Gasteiger partial charge in [-0.1, -0.05) is 0 Å². The molecule has 2 N–H and O–H groups in total. The molecule has 1 amide bonds. The number of methoxy groups -OCH3 is 2. The highest BCUT2D eigenvalue weighted by atomic mass is 16.5. The molecule has 0 heterocycles. The smallest absolute Gasteiger partial charge is 0.339 e. The van der Waals surface area contributed by atoms with E-state index in [1.165, 1.54) is 19.2 Å². The van der Waals surface area contributed by atoms with Crippen LogP contribution in [-0.4, -0.2) is 37.8 Å². The Morgan fingerprint density at radius 2 is 2.05 bits per heavy atom. The van der Waals surface area contributed by atoms with Crippen molar-refractivity contribution >= 4 is 17.6 Å². The van der Waals surface area contributed by atoms with Crippen LogP contribution in [0.2, 0.25) is 0 Å². The second kappa shape index (κ2) is 6.13. The van der Waals surface area contributed by atoms with E-state index in [2.05, 4.69) is 5.32 Å². The number of carbonyl (C=O) groups excluding carboxylic acids is 1. The highest BCUT2D eigenvalue weighted by Gasteiger charge is 2.49. The van der Waals surface area contributed by atoms with Crippen molar-refractivity contribution in [3.8, 4) is 5.75 Å². The summed E-state index contributed by atoms with van der Waals surface area (Å²) in [5, 5.41) is 11.9. The molecule has 1 aromatic rings. The van der Waals surface area contributed by atoms with Crippen molar-refractivity contribution in [2.24, 2.45) is 5.41 Å². The van der Waals surface area contributed by atoms with E-state index in [1.54, 1.807) is 13.2 Å². The van der Waals surface area contributed by atoms with Crippen molar-refractivity contribution in [2.75, 3.05) is 26.1 Å². The topological polar surface area (TPSA) is 84.9 Å². The number of ether oxygens (including phenoxy) is 2. The van der Waals surface area contributed by atoms with Crippen molar-refractivity contribution in [3.05, 3.63) is 23.8 Å². The van der Waals surface area contributed by atoms with Gasteiger partial charge in [-0.15, -0.1) is 0 Å². The summed E-state index contributed by atoms with van der Waals surface area (Å²) in [6, 6.07) is 4.51. The van der Waals surface area contributed by atoms with E-state index < -0.39 is 5.97 Å². The number of benzene rings is 1. The van der Waals surface area contributed by atoms with Crippen molar-refractivity contribution < 1.29 is 24.2 Å². The number of carboxylic acids is 1. The molecule has 6 heteroatoms. The fourth-order valence-electron chi connectivity index (χ4n) is 2.25. The Morgan fingerprint density at radius 3 is 2.57 bits per heavy atom. The molecule has 0 saturated heterocycles. The molecule has 0 spiro atoms. The maximum atomic E-state index is 12.3. The molecule has 0 atom stereocenters. The van der Waals surface area contributed by atoms with Crippen molar-refractivity contribution in [2.45, 2.75) is 19.3 Å². The zero-order valence-electron chi connectivity index (χ0n) is 12.1. The summed E-state index contributed by atoms with van der Waals surface area (Å²) in [5.74, 6) is -0.893. The zero-order chi connectivity index (χ0) is 15.5. The molecular formula is C15H19NO5. The number of hydrogen-bond acceptors (Lipinski definition) is 4. The van der Waals surface area contributed by atoms with Gasteiger partial charge in [-0.3, -0.25) is 4.79 Å². The summed E-state index contributed by atoms with van der Waals surface area (Å²) in [6.07, 6.45) is 2.40. The summed E-state index contributed by atoms with van der Waals surface area (Å²) in [4.78, 5) is 23.3. The molecule has 1 aliphatic rings. The maximum absolute atomic E-state index is 12.3. The zero-order valence-corrected chi connectivity index (χ0v) is 12.1. The lowest BCUT2D eigenvalue weighted by molar-refractivity contribution is -0.121. The molecule has 0 unspecified atom stereocenters. The molecule has 114 valence electrons. The van der Waals surface area contributed by atoms with E-state index in [0.29, 0.717) is 18.7 Å². The summed E-state index contributed by atoms with van der Waals surface area (Å²) in [7, 11) is 3.01. The average Bonchev–Trinajstić information content (AvgIpc) is 3.26. The highest BCUT2D eigenvalue weighted by molar-refractivity contribution is 5.98. The molecule has 6 nitrogen and oxygen atoms in total. The number of carbonyl (C=O) groups is 2. The van der Waals surface area contributed by atoms with E-state index >= 15 is 0 Å². The summed E-state index contributed by atoms with van der Waals surface area (Å²) in [6.45, 7) is 0.550. The second-order valence-electron chi connectivity index (χ2n) is 5.20. The first-order valence-corrected chi connectivity index (χ1v) is 6.74. The summed E-state index contributed by atoms with van der Waals surface area (Å²) >= 11 is 0. The number of nitrogens with one attached hydrogen (secondary N) is 1. The molecule has 2 rings (SSSR count). The van der Waals surface area contributed by atoms with Crippen LogP contribution in [0.15, 0.2) is 18.2 Å². The quantitative estimate of drug-likeness (QED) is 0.804. The van der Waals surface area contributed by atoms with Gasteiger partial charge in [0.15, 0.2) is 0 Å². The number of carboxylic acid groups (broad SMARTS) is 1. The fourth-order valence-corrected chi connectivity index (χ4v) is 2.25. The number of anilines is 1. The van der Waals surface area contributed by atoms with E-state index in [0.717, 1.165) is 12.8 Å². The lowest BCUT2D eigenvalue weighted by atomic mass is 10.0. The Hall–Kier alpha value is -2.08. The first-order chi connectivity index (χ1) is 10.0. The minimum atomic E-state index is -1.07. The fraction of sp³-hybridized carbons (Fsp3) is 0.467. The Balaban J connectivity index is 2.09. The van der Waals surface area contributed by atoms with Crippen molar-refractivity contribution in [3.63, 3.8) is 0 Å². The lowest BCUT2D eigenvalue weighted by Crippen LogP contribution is -2.25.